The maximum absolute atomic E-state index is 11.2. The molecule has 0 saturated heterocycles. The minimum atomic E-state index is -3.77. The fourth-order valence-electron chi connectivity index (χ4n) is 1.44. The Morgan fingerprint density at radius 2 is 2.17 bits per heavy atom. The number of anilines is 2. The van der Waals surface area contributed by atoms with Gasteiger partial charge in [-0.3, -0.25) is 4.98 Å². The maximum Gasteiger partial charge on any atom is 0.240 e. The van der Waals surface area contributed by atoms with Crippen LogP contribution in [0.15, 0.2) is 34.8 Å². The van der Waals surface area contributed by atoms with E-state index in [-0.39, 0.29) is 10.6 Å². The quantitative estimate of drug-likeness (QED) is 0.725. The van der Waals surface area contributed by atoms with Crippen molar-refractivity contribution in [3.8, 4) is 0 Å². The van der Waals surface area contributed by atoms with Crippen molar-refractivity contribution < 1.29 is 8.42 Å². The van der Waals surface area contributed by atoms with Crippen LogP contribution in [0.4, 0.5) is 11.4 Å². The molecule has 1 aromatic carbocycles. The molecule has 0 spiro atoms. The summed E-state index contributed by atoms with van der Waals surface area (Å²) in [5, 5.41) is 8.15. The third-order valence-corrected chi connectivity index (χ3v) is 4.03. The van der Waals surface area contributed by atoms with E-state index in [0.29, 0.717) is 6.54 Å². The van der Waals surface area contributed by atoms with Gasteiger partial charge in [-0.1, -0.05) is 0 Å². The highest BCUT2D eigenvalue weighted by Crippen LogP contribution is 2.22. The van der Waals surface area contributed by atoms with Crippen molar-refractivity contribution in [1.29, 1.82) is 0 Å². The van der Waals surface area contributed by atoms with Gasteiger partial charge in [-0.15, -0.1) is 11.3 Å². The standard InChI is InChI=1S/C10H12N4O2S2/c11-9-3-7(1-2-10(9)18(12,15)16)14-5-8-4-13-6-17-8/h1-4,6,14H,5,11H2,(H2,12,15,16). The zero-order chi connectivity index (χ0) is 13.2. The summed E-state index contributed by atoms with van der Waals surface area (Å²) in [6.07, 6.45) is 1.76. The molecule has 96 valence electrons. The fourth-order valence-corrected chi connectivity index (χ4v) is 2.62. The average molecular weight is 284 g/mol. The Balaban J connectivity index is 2.14. The highest BCUT2D eigenvalue weighted by molar-refractivity contribution is 7.89. The third kappa shape index (κ3) is 2.97. The van der Waals surface area contributed by atoms with Crippen molar-refractivity contribution >= 4 is 32.7 Å². The molecule has 0 aliphatic heterocycles. The van der Waals surface area contributed by atoms with Crippen LogP contribution >= 0.6 is 11.3 Å². The first-order chi connectivity index (χ1) is 8.47. The Bertz CT molecular complexity index is 638. The number of primary sulfonamides is 1. The van der Waals surface area contributed by atoms with Gasteiger partial charge in [0.25, 0.3) is 0 Å². The highest BCUT2D eigenvalue weighted by atomic mass is 32.2. The molecule has 5 N–H and O–H groups in total. The zero-order valence-electron chi connectivity index (χ0n) is 9.33. The molecule has 18 heavy (non-hydrogen) atoms. The Kier molecular flexibility index (Phi) is 3.50. The molecule has 0 aliphatic carbocycles. The summed E-state index contributed by atoms with van der Waals surface area (Å²) in [5.41, 5.74) is 8.25. The molecular formula is C10H12N4O2S2. The predicted octanol–water partition coefficient (Wildman–Crippen LogP) is 0.985. The largest absolute Gasteiger partial charge is 0.398 e. The topological polar surface area (TPSA) is 111 Å². The van der Waals surface area contributed by atoms with Crippen molar-refractivity contribution in [1.82, 2.24) is 4.98 Å². The van der Waals surface area contributed by atoms with Gasteiger partial charge >= 0.3 is 0 Å². The minimum absolute atomic E-state index is 0.0640. The monoisotopic (exact) mass is 284 g/mol. The smallest absolute Gasteiger partial charge is 0.240 e. The molecule has 2 rings (SSSR count). The van der Waals surface area contributed by atoms with Crippen molar-refractivity contribution in [2.75, 3.05) is 11.1 Å². The minimum Gasteiger partial charge on any atom is -0.398 e. The summed E-state index contributed by atoms with van der Waals surface area (Å²) in [6, 6.07) is 4.55. The van der Waals surface area contributed by atoms with Crippen LogP contribution in [0.3, 0.4) is 0 Å². The summed E-state index contributed by atoms with van der Waals surface area (Å²) >= 11 is 1.53. The Morgan fingerprint density at radius 1 is 1.39 bits per heavy atom. The van der Waals surface area contributed by atoms with E-state index in [2.05, 4.69) is 10.3 Å². The van der Waals surface area contributed by atoms with Gasteiger partial charge in [0, 0.05) is 16.8 Å². The van der Waals surface area contributed by atoms with E-state index < -0.39 is 10.0 Å². The average Bonchev–Trinajstić information content (AvgIpc) is 2.77. The van der Waals surface area contributed by atoms with E-state index in [1.165, 1.54) is 17.4 Å². The van der Waals surface area contributed by atoms with Crippen molar-refractivity contribution in [3.05, 3.63) is 34.8 Å². The van der Waals surface area contributed by atoms with E-state index in [9.17, 15) is 8.42 Å². The molecule has 6 nitrogen and oxygen atoms in total. The molecule has 1 heterocycles. The van der Waals surface area contributed by atoms with Gasteiger partial charge in [0.2, 0.25) is 10.0 Å². The van der Waals surface area contributed by atoms with Crippen LogP contribution in [0.25, 0.3) is 0 Å². The van der Waals surface area contributed by atoms with Gasteiger partial charge in [-0.2, -0.15) is 0 Å². The van der Waals surface area contributed by atoms with E-state index in [4.69, 9.17) is 10.9 Å². The third-order valence-electron chi connectivity index (χ3n) is 2.27. The summed E-state index contributed by atoms with van der Waals surface area (Å²) < 4.78 is 22.4. The molecule has 8 heteroatoms. The van der Waals surface area contributed by atoms with Gasteiger partial charge in [-0.05, 0) is 18.2 Å². The van der Waals surface area contributed by atoms with Crippen LogP contribution in [-0.2, 0) is 16.6 Å². The summed E-state index contributed by atoms with van der Waals surface area (Å²) in [6.45, 7) is 0.610. The fraction of sp³-hybridized carbons (Fsp3) is 0.100. The molecule has 0 fully saturated rings. The Hall–Kier alpha value is -1.64. The number of nitrogens with two attached hydrogens (primary N) is 2. The number of rotatable bonds is 4. The number of nitrogen functional groups attached to an aromatic ring is 1. The lowest BCUT2D eigenvalue weighted by Gasteiger charge is -2.08. The van der Waals surface area contributed by atoms with Crippen LogP contribution in [-0.4, -0.2) is 13.4 Å². The van der Waals surface area contributed by atoms with Crippen molar-refractivity contribution in [2.24, 2.45) is 5.14 Å². The molecule has 0 unspecified atom stereocenters. The van der Waals surface area contributed by atoms with Crippen LogP contribution in [0, 0.1) is 0 Å². The SMILES string of the molecule is Nc1cc(NCc2cncs2)ccc1S(N)(=O)=O. The van der Waals surface area contributed by atoms with Crippen molar-refractivity contribution in [3.63, 3.8) is 0 Å². The van der Waals surface area contributed by atoms with Gasteiger partial charge in [0.1, 0.15) is 4.90 Å². The molecule has 2 aromatic rings. The molecule has 0 radical (unpaired) electrons. The molecule has 0 saturated carbocycles. The van der Waals surface area contributed by atoms with Gasteiger partial charge in [0.15, 0.2) is 0 Å². The molecule has 1 aromatic heterocycles. The molecule has 0 amide bonds. The van der Waals surface area contributed by atoms with E-state index in [0.717, 1.165) is 10.6 Å². The summed E-state index contributed by atoms with van der Waals surface area (Å²) in [5.74, 6) is 0. The van der Waals surface area contributed by atoms with E-state index >= 15 is 0 Å². The van der Waals surface area contributed by atoms with E-state index in [1.54, 1.807) is 23.8 Å². The lowest BCUT2D eigenvalue weighted by Crippen LogP contribution is -2.14. The van der Waals surface area contributed by atoms with Gasteiger partial charge in [0.05, 0.1) is 17.7 Å². The number of nitrogens with one attached hydrogen (secondary N) is 1. The number of benzene rings is 1. The second-order valence-electron chi connectivity index (χ2n) is 3.62. The maximum atomic E-state index is 11.2. The number of sulfonamides is 1. The van der Waals surface area contributed by atoms with Crippen molar-refractivity contribution in [2.45, 2.75) is 11.4 Å². The highest BCUT2D eigenvalue weighted by Gasteiger charge is 2.12. The van der Waals surface area contributed by atoms with Crippen LogP contribution in [0.5, 0.6) is 0 Å². The van der Waals surface area contributed by atoms with Crippen LogP contribution < -0.4 is 16.2 Å². The van der Waals surface area contributed by atoms with Crippen LogP contribution in [0.1, 0.15) is 4.88 Å². The summed E-state index contributed by atoms with van der Waals surface area (Å²) in [4.78, 5) is 4.97. The van der Waals surface area contributed by atoms with E-state index in [1.807, 2.05) is 0 Å². The first-order valence-electron chi connectivity index (χ1n) is 5.00. The Labute approximate surface area is 109 Å². The first kappa shape index (κ1) is 12.8. The molecule has 0 bridgehead atoms. The molecule has 0 atom stereocenters. The summed E-state index contributed by atoms with van der Waals surface area (Å²) in [7, 11) is -3.77. The number of hydrogen-bond donors (Lipinski definition) is 3. The second kappa shape index (κ2) is 4.92. The second-order valence-corrected chi connectivity index (χ2v) is 6.12. The number of thiazole rings is 1. The zero-order valence-corrected chi connectivity index (χ0v) is 11.0. The number of aromatic nitrogens is 1. The number of nitrogens with zero attached hydrogens (tertiary/aromatic N) is 1. The van der Waals surface area contributed by atoms with Gasteiger partial charge in [-0.25, -0.2) is 13.6 Å². The lowest BCUT2D eigenvalue weighted by atomic mass is 10.3. The van der Waals surface area contributed by atoms with Crippen LogP contribution in [0.2, 0.25) is 0 Å². The lowest BCUT2D eigenvalue weighted by molar-refractivity contribution is 0.598. The molecular weight excluding hydrogens is 272 g/mol. The Morgan fingerprint density at radius 3 is 2.72 bits per heavy atom. The number of hydrogen-bond acceptors (Lipinski definition) is 6. The molecule has 0 aliphatic rings. The predicted molar refractivity (Wildman–Crippen MR) is 71.7 cm³/mol. The normalized spacial score (nSPS) is 11.4. The van der Waals surface area contributed by atoms with Gasteiger partial charge < -0.3 is 11.1 Å². The first-order valence-corrected chi connectivity index (χ1v) is 7.43.